The molecule has 0 radical (unpaired) electrons. The van der Waals surface area contributed by atoms with Crippen LogP contribution in [0, 0.1) is 0 Å². The topological polar surface area (TPSA) is 4.93 Å². The van der Waals surface area contributed by atoms with Crippen molar-refractivity contribution in [3.05, 3.63) is 97.1 Å². The van der Waals surface area contributed by atoms with Crippen LogP contribution in [0.4, 0.5) is 0 Å². The Kier molecular flexibility index (Phi) is 3.24. The molecule has 34 heavy (non-hydrogen) atoms. The first kappa shape index (κ1) is 17.9. The smallest absolute Gasteiger partial charge is 0.249 e. The minimum atomic E-state index is 0.283. The molecule has 0 amide bonds. The zero-order chi connectivity index (χ0) is 22.0. The number of benzene rings is 5. The zero-order valence-corrected chi connectivity index (χ0v) is 19.7. The Morgan fingerprint density at radius 3 is 2.38 bits per heavy atom. The van der Waals surface area contributed by atoms with E-state index in [1.54, 1.807) is 0 Å². The van der Waals surface area contributed by atoms with Gasteiger partial charge in [-0.1, -0.05) is 77.9 Å². The molecule has 0 unspecified atom stereocenters. The maximum atomic E-state index is 2.55. The number of nitrogens with zero attached hydrogens (tertiary/aromatic N) is 1. The van der Waals surface area contributed by atoms with Crippen LogP contribution in [0.15, 0.2) is 107 Å². The summed E-state index contributed by atoms with van der Waals surface area (Å²) in [7, 11) is 0. The van der Waals surface area contributed by atoms with Gasteiger partial charge < -0.3 is 4.57 Å². The maximum absolute atomic E-state index is 2.55. The first-order valence-electron chi connectivity index (χ1n) is 11.7. The minimum Gasteiger partial charge on any atom is -0.310 e. The molecule has 5 aromatic carbocycles. The first-order valence-corrected chi connectivity index (χ1v) is 13.3. The van der Waals surface area contributed by atoms with Crippen LogP contribution in [0.3, 0.4) is 0 Å². The molecule has 0 fully saturated rings. The van der Waals surface area contributed by atoms with E-state index in [1.165, 1.54) is 73.8 Å². The van der Waals surface area contributed by atoms with E-state index in [0.717, 1.165) is 0 Å². The van der Waals surface area contributed by atoms with Crippen molar-refractivity contribution >= 4 is 88.2 Å². The van der Waals surface area contributed by atoms with E-state index < -0.39 is 0 Å². The lowest BCUT2D eigenvalue weighted by molar-refractivity contribution is 1.18. The van der Waals surface area contributed by atoms with Gasteiger partial charge in [0.05, 0.1) is 11.0 Å². The number of para-hydroxylation sites is 1. The first-order chi connectivity index (χ1) is 16.9. The summed E-state index contributed by atoms with van der Waals surface area (Å²) in [6, 6.07) is 36.4. The molecule has 0 N–H and O–H groups in total. The maximum Gasteiger partial charge on any atom is 0.249 e. The Bertz CT molecular complexity index is 2010. The zero-order valence-electron chi connectivity index (χ0n) is 18.1. The summed E-state index contributed by atoms with van der Waals surface area (Å²) in [4.78, 5) is 2.77. The van der Waals surface area contributed by atoms with Gasteiger partial charge in [-0.3, -0.25) is 0 Å². The van der Waals surface area contributed by atoms with E-state index in [4.69, 9.17) is 0 Å². The standard InChI is InChI=1S/C30H16BNS2/c1-5-11-25-17(7-1)20-15-24-19(16-28(20)33-25)18-13-14-27-29-30(18)32(24)23-10-4-2-8-21(23)31(29)22-9-3-6-12-26(22)34-27/h1-16H. The molecule has 0 saturated heterocycles. The van der Waals surface area contributed by atoms with Gasteiger partial charge in [-0.05, 0) is 47.3 Å². The molecule has 4 heteroatoms. The van der Waals surface area contributed by atoms with E-state index in [9.17, 15) is 0 Å². The lowest BCUT2D eigenvalue weighted by Gasteiger charge is -2.32. The Hall–Kier alpha value is -3.47. The van der Waals surface area contributed by atoms with Crippen LogP contribution < -0.4 is 16.4 Å². The number of hydrogen-bond acceptors (Lipinski definition) is 2. The second-order valence-corrected chi connectivity index (χ2v) is 11.5. The van der Waals surface area contributed by atoms with E-state index in [2.05, 4.69) is 102 Å². The van der Waals surface area contributed by atoms with Gasteiger partial charge in [0, 0.05) is 46.4 Å². The summed E-state index contributed by atoms with van der Waals surface area (Å²) >= 11 is 3.83. The predicted molar refractivity (Wildman–Crippen MR) is 149 cm³/mol. The summed E-state index contributed by atoms with van der Waals surface area (Å²) in [5.41, 5.74) is 8.34. The number of fused-ring (bicyclic) bond motifs is 11. The summed E-state index contributed by atoms with van der Waals surface area (Å²) in [6.45, 7) is 0.283. The van der Waals surface area contributed by atoms with Gasteiger partial charge in [0.2, 0.25) is 6.71 Å². The van der Waals surface area contributed by atoms with Gasteiger partial charge in [-0.2, -0.15) is 0 Å². The Morgan fingerprint density at radius 2 is 1.41 bits per heavy atom. The van der Waals surface area contributed by atoms with Crippen LogP contribution in [0.2, 0.25) is 0 Å². The second kappa shape index (κ2) is 6.15. The summed E-state index contributed by atoms with van der Waals surface area (Å²) < 4.78 is 5.28. The molecule has 4 heterocycles. The van der Waals surface area contributed by atoms with Crippen molar-refractivity contribution in [2.75, 3.05) is 0 Å². The largest absolute Gasteiger partial charge is 0.310 e. The molecule has 0 bridgehead atoms. The van der Waals surface area contributed by atoms with Crippen LogP contribution in [-0.4, -0.2) is 11.3 Å². The highest BCUT2D eigenvalue weighted by atomic mass is 32.2. The molecule has 9 rings (SSSR count). The molecule has 2 aliphatic rings. The Balaban J connectivity index is 1.52. The van der Waals surface area contributed by atoms with Crippen LogP contribution in [0.5, 0.6) is 0 Å². The predicted octanol–water partition coefficient (Wildman–Crippen LogP) is 6.45. The van der Waals surface area contributed by atoms with Crippen molar-refractivity contribution in [1.82, 2.24) is 4.57 Å². The lowest BCUT2D eigenvalue weighted by Crippen LogP contribution is -2.58. The third-order valence-corrected chi connectivity index (χ3v) is 9.96. The van der Waals surface area contributed by atoms with Crippen LogP contribution >= 0.6 is 23.1 Å². The van der Waals surface area contributed by atoms with E-state index in [-0.39, 0.29) is 6.71 Å². The van der Waals surface area contributed by atoms with Gasteiger partial charge in [0.15, 0.2) is 0 Å². The highest BCUT2D eigenvalue weighted by Crippen LogP contribution is 2.43. The van der Waals surface area contributed by atoms with E-state index >= 15 is 0 Å². The normalized spacial score (nSPS) is 13.7. The minimum absolute atomic E-state index is 0.283. The third kappa shape index (κ3) is 2.06. The molecular weight excluding hydrogens is 449 g/mol. The monoisotopic (exact) mass is 465 g/mol. The van der Waals surface area contributed by atoms with Crippen molar-refractivity contribution in [3.63, 3.8) is 0 Å². The van der Waals surface area contributed by atoms with Crippen molar-refractivity contribution in [2.45, 2.75) is 9.79 Å². The van der Waals surface area contributed by atoms with Crippen molar-refractivity contribution in [1.29, 1.82) is 0 Å². The quantitative estimate of drug-likeness (QED) is 0.233. The lowest BCUT2D eigenvalue weighted by atomic mass is 9.35. The fourth-order valence-electron chi connectivity index (χ4n) is 6.29. The van der Waals surface area contributed by atoms with Gasteiger partial charge in [-0.15, -0.1) is 11.3 Å². The number of thiophene rings is 1. The molecule has 2 aromatic heterocycles. The summed E-state index contributed by atoms with van der Waals surface area (Å²) in [5, 5.41) is 5.44. The number of hydrogen-bond donors (Lipinski definition) is 0. The summed E-state index contributed by atoms with van der Waals surface area (Å²) in [6.07, 6.45) is 0. The van der Waals surface area contributed by atoms with E-state index in [0.29, 0.717) is 0 Å². The summed E-state index contributed by atoms with van der Waals surface area (Å²) in [5.74, 6) is 0. The highest BCUT2D eigenvalue weighted by molar-refractivity contribution is 8.00. The molecule has 0 aliphatic carbocycles. The van der Waals surface area contributed by atoms with Crippen molar-refractivity contribution in [3.8, 4) is 5.69 Å². The molecule has 0 atom stereocenters. The van der Waals surface area contributed by atoms with Crippen molar-refractivity contribution in [2.24, 2.45) is 0 Å². The SMILES string of the molecule is c1ccc2c(c1)Sc1ccc3c4cc5sc6ccccc6c5cc4n4c3c1B2c1ccccc1-4. The number of aromatic nitrogens is 1. The molecule has 0 saturated carbocycles. The second-order valence-electron chi connectivity index (χ2n) is 9.30. The highest BCUT2D eigenvalue weighted by Gasteiger charge is 2.39. The average Bonchev–Trinajstić information content (AvgIpc) is 3.41. The molecular formula is C30H16BNS2. The van der Waals surface area contributed by atoms with Gasteiger partial charge >= 0.3 is 0 Å². The van der Waals surface area contributed by atoms with Gasteiger partial charge in [0.25, 0.3) is 0 Å². The molecule has 2 aliphatic heterocycles. The van der Waals surface area contributed by atoms with Crippen LogP contribution in [-0.2, 0) is 0 Å². The Labute approximate surface area is 204 Å². The van der Waals surface area contributed by atoms with Crippen LogP contribution in [0.25, 0.3) is 47.7 Å². The van der Waals surface area contributed by atoms with E-state index in [1.807, 2.05) is 23.1 Å². The fourth-order valence-corrected chi connectivity index (χ4v) is 8.57. The number of rotatable bonds is 0. The van der Waals surface area contributed by atoms with Gasteiger partial charge in [-0.25, -0.2) is 0 Å². The van der Waals surface area contributed by atoms with Gasteiger partial charge in [0.1, 0.15) is 0 Å². The molecule has 7 aromatic rings. The van der Waals surface area contributed by atoms with Crippen LogP contribution in [0.1, 0.15) is 0 Å². The molecule has 0 spiro atoms. The molecule has 156 valence electrons. The molecule has 1 nitrogen and oxygen atoms in total. The fraction of sp³-hybridized carbons (Fsp3) is 0. The van der Waals surface area contributed by atoms with Crippen molar-refractivity contribution < 1.29 is 0 Å². The average molecular weight is 465 g/mol. The Morgan fingerprint density at radius 1 is 0.588 bits per heavy atom. The third-order valence-electron chi connectivity index (χ3n) is 7.65.